The highest BCUT2D eigenvalue weighted by atomic mass is 35.5. The topological polar surface area (TPSA) is 58.6 Å². The molecule has 0 aromatic heterocycles. The smallest absolute Gasteiger partial charge is 0.225 e. The fourth-order valence-electron chi connectivity index (χ4n) is 3.46. The van der Waals surface area contributed by atoms with E-state index in [2.05, 4.69) is 10.2 Å². The summed E-state index contributed by atoms with van der Waals surface area (Å²) < 4.78 is 5.14. The number of ketones is 1. The summed E-state index contributed by atoms with van der Waals surface area (Å²) in [7, 11) is 1.61. The highest BCUT2D eigenvalue weighted by molar-refractivity contribution is 6.30. The Morgan fingerprint density at radius 1 is 1.14 bits per heavy atom. The van der Waals surface area contributed by atoms with E-state index in [0.29, 0.717) is 23.7 Å². The summed E-state index contributed by atoms with van der Waals surface area (Å²) in [5.41, 5.74) is 1.45. The van der Waals surface area contributed by atoms with Gasteiger partial charge in [-0.1, -0.05) is 17.7 Å². The molecule has 0 radical (unpaired) electrons. The minimum atomic E-state index is -0.0290. The van der Waals surface area contributed by atoms with Gasteiger partial charge >= 0.3 is 0 Å². The van der Waals surface area contributed by atoms with Crippen LogP contribution in [0.3, 0.4) is 0 Å². The van der Waals surface area contributed by atoms with Crippen molar-refractivity contribution in [3.63, 3.8) is 0 Å². The molecule has 1 aliphatic heterocycles. The average Bonchev–Trinajstić information content (AvgIpc) is 2.72. The Labute approximate surface area is 170 Å². The molecule has 0 aliphatic carbocycles. The molecule has 0 bridgehead atoms. The number of hydrogen-bond acceptors (Lipinski definition) is 4. The number of piperidine rings is 1. The number of likely N-dealkylation sites (tertiary alicyclic amines) is 1. The van der Waals surface area contributed by atoms with Gasteiger partial charge in [-0.05, 0) is 68.4 Å². The fraction of sp³-hybridized carbons (Fsp3) is 0.364. The summed E-state index contributed by atoms with van der Waals surface area (Å²) in [6.07, 6.45) is 2.06. The average molecular weight is 401 g/mol. The number of carbonyl (C=O) groups excluding carboxylic acids is 2. The molecule has 1 saturated heterocycles. The lowest BCUT2D eigenvalue weighted by atomic mass is 9.89. The molecule has 0 unspecified atom stereocenters. The van der Waals surface area contributed by atoms with Gasteiger partial charge in [0, 0.05) is 35.2 Å². The van der Waals surface area contributed by atoms with Gasteiger partial charge in [0.15, 0.2) is 5.78 Å². The van der Waals surface area contributed by atoms with Crippen LogP contribution in [0.2, 0.25) is 5.02 Å². The normalized spacial score (nSPS) is 15.2. The molecular weight excluding hydrogens is 376 g/mol. The lowest BCUT2D eigenvalue weighted by Gasteiger charge is -2.31. The van der Waals surface area contributed by atoms with Crippen LogP contribution in [-0.2, 0) is 4.79 Å². The quantitative estimate of drug-likeness (QED) is 0.705. The minimum Gasteiger partial charge on any atom is -0.497 e. The number of Topliss-reactive ketones (excluding diaryl/α,β-unsaturated/α-hetero) is 1. The zero-order chi connectivity index (χ0) is 19.9. The van der Waals surface area contributed by atoms with E-state index in [1.165, 1.54) is 0 Å². The molecular formula is C22H25ClN2O3. The molecule has 148 valence electrons. The highest BCUT2D eigenvalue weighted by Crippen LogP contribution is 2.23. The summed E-state index contributed by atoms with van der Waals surface area (Å²) in [4.78, 5) is 27.0. The van der Waals surface area contributed by atoms with Crippen molar-refractivity contribution < 1.29 is 14.3 Å². The van der Waals surface area contributed by atoms with E-state index in [-0.39, 0.29) is 17.6 Å². The monoisotopic (exact) mass is 400 g/mol. The van der Waals surface area contributed by atoms with Crippen LogP contribution in [0.4, 0.5) is 5.69 Å². The second kappa shape index (κ2) is 9.71. The Morgan fingerprint density at radius 2 is 1.86 bits per heavy atom. The molecule has 6 heteroatoms. The first kappa shape index (κ1) is 20.4. The van der Waals surface area contributed by atoms with Gasteiger partial charge in [-0.25, -0.2) is 0 Å². The lowest BCUT2D eigenvalue weighted by Crippen LogP contribution is -2.38. The van der Waals surface area contributed by atoms with Gasteiger partial charge in [-0.2, -0.15) is 0 Å². The van der Waals surface area contributed by atoms with Crippen LogP contribution in [0.15, 0.2) is 48.5 Å². The van der Waals surface area contributed by atoms with Crippen molar-refractivity contribution >= 4 is 29.0 Å². The van der Waals surface area contributed by atoms with E-state index >= 15 is 0 Å². The van der Waals surface area contributed by atoms with Gasteiger partial charge in [-0.15, -0.1) is 0 Å². The third kappa shape index (κ3) is 5.57. The number of methoxy groups -OCH3 is 1. The van der Waals surface area contributed by atoms with E-state index in [1.807, 2.05) is 36.4 Å². The Kier molecular flexibility index (Phi) is 7.06. The highest BCUT2D eigenvalue weighted by Gasteiger charge is 2.26. The molecule has 1 aliphatic rings. The molecule has 1 amide bonds. The van der Waals surface area contributed by atoms with Crippen LogP contribution in [0.5, 0.6) is 5.75 Å². The summed E-state index contributed by atoms with van der Waals surface area (Å²) in [6, 6.07) is 14.4. The van der Waals surface area contributed by atoms with Crippen LogP contribution < -0.4 is 10.1 Å². The Bertz CT molecular complexity index is 815. The third-order valence-electron chi connectivity index (χ3n) is 5.10. The van der Waals surface area contributed by atoms with Gasteiger partial charge in [0.2, 0.25) is 5.91 Å². The SMILES string of the molecule is COc1ccc(C(=O)C2CCN(CCC(=O)Nc3cccc(Cl)c3)CC2)cc1. The van der Waals surface area contributed by atoms with Crippen molar-refractivity contribution in [1.29, 1.82) is 0 Å². The number of amides is 1. The minimum absolute atomic E-state index is 0.0290. The zero-order valence-corrected chi connectivity index (χ0v) is 16.7. The van der Waals surface area contributed by atoms with Crippen LogP contribution in [-0.4, -0.2) is 43.3 Å². The number of rotatable bonds is 7. The number of halogens is 1. The molecule has 1 N–H and O–H groups in total. The van der Waals surface area contributed by atoms with E-state index in [0.717, 1.165) is 37.2 Å². The molecule has 1 fully saturated rings. The first-order valence-electron chi connectivity index (χ1n) is 9.51. The van der Waals surface area contributed by atoms with Gasteiger partial charge in [0.1, 0.15) is 5.75 Å². The molecule has 0 atom stereocenters. The zero-order valence-electron chi connectivity index (χ0n) is 16.0. The van der Waals surface area contributed by atoms with Crippen LogP contribution in [0, 0.1) is 5.92 Å². The number of benzene rings is 2. The number of hydrogen-bond donors (Lipinski definition) is 1. The predicted molar refractivity (Wildman–Crippen MR) is 111 cm³/mol. The maximum absolute atomic E-state index is 12.7. The summed E-state index contributed by atoms with van der Waals surface area (Å²) in [5.74, 6) is 0.965. The molecule has 1 heterocycles. The molecule has 2 aromatic carbocycles. The second-order valence-corrected chi connectivity index (χ2v) is 7.45. The van der Waals surface area contributed by atoms with Crippen molar-refractivity contribution in [3.05, 3.63) is 59.1 Å². The summed E-state index contributed by atoms with van der Waals surface area (Å²) in [6.45, 7) is 2.35. The molecule has 0 saturated carbocycles. The molecule has 0 spiro atoms. The lowest BCUT2D eigenvalue weighted by molar-refractivity contribution is -0.116. The van der Waals surface area contributed by atoms with Gasteiger partial charge in [0.05, 0.1) is 7.11 Å². The number of ether oxygens (including phenoxy) is 1. The number of nitrogens with zero attached hydrogens (tertiary/aromatic N) is 1. The maximum atomic E-state index is 12.7. The van der Waals surface area contributed by atoms with Crippen molar-refractivity contribution in [2.75, 3.05) is 32.1 Å². The molecule has 3 rings (SSSR count). The fourth-order valence-corrected chi connectivity index (χ4v) is 3.65. The van der Waals surface area contributed by atoms with Crippen molar-refractivity contribution in [3.8, 4) is 5.75 Å². The van der Waals surface area contributed by atoms with Crippen molar-refractivity contribution in [2.45, 2.75) is 19.3 Å². The van der Waals surface area contributed by atoms with E-state index < -0.39 is 0 Å². The summed E-state index contributed by atoms with van der Waals surface area (Å²) >= 11 is 5.93. The molecule has 28 heavy (non-hydrogen) atoms. The van der Waals surface area contributed by atoms with Crippen LogP contribution in [0.25, 0.3) is 0 Å². The number of nitrogens with one attached hydrogen (secondary N) is 1. The van der Waals surface area contributed by atoms with Crippen LogP contribution in [0.1, 0.15) is 29.6 Å². The van der Waals surface area contributed by atoms with Crippen molar-refractivity contribution in [2.24, 2.45) is 5.92 Å². The number of anilines is 1. The Balaban J connectivity index is 1.42. The Morgan fingerprint density at radius 3 is 2.50 bits per heavy atom. The van der Waals surface area contributed by atoms with E-state index in [4.69, 9.17) is 16.3 Å². The molecule has 2 aromatic rings. The predicted octanol–water partition coefficient (Wildman–Crippen LogP) is 4.27. The first-order valence-corrected chi connectivity index (χ1v) is 9.89. The van der Waals surface area contributed by atoms with E-state index in [9.17, 15) is 9.59 Å². The van der Waals surface area contributed by atoms with Crippen LogP contribution >= 0.6 is 11.6 Å². The second-order valence-electron chi connectivity index (χ2n) is 7.02. The van der Waals surface area contributed by atoms with Gasteiger partial charge in [0.25, 0.3) is 0 Å². The number of carbonyl (C=O) groups is 2. The first-order chi connectivity index (χ1) is 13.5. The third-order valence-corrected chi connectivity index (χ3v) is 5.33. The standard InChI is InChI=1S/C22H25ClN2O3/c1-28-20-7-5-16(6-8-20)22(27)17-9-12-25(13-10-17)14-11-21(26)24-19-4-2-3-18(23)15-19/h2-8,15,17H,9-14H2,1H3,(H,24,26). The van der Waals surface area contributed by atoms with Crippen molar-refractivity contribution in [1.82, 2.24) is 4.90 Å². The summed E-state index contributed by atoms with van der Waals surface area (Å²) in [5, 5.41) is 3.46. The van der Waals surface area contributed by atoms with Gasteiger partial charge in [-0.3, -0.25) is 9.59 Å². The largest absolute Gasteiger partial charge is 0.497 e. The Hall–Kier alpha value is -2.37. The molecule has 5 nitrogen and oxygen atoms in total. The van der Waals surface area contributed by atoms with Gasteiger partial charge < -0.3 is 15.0 Å². The maximum Gasteiger partial charge on any atom is 0.225 e. The van der Waals surface area contributed by atoms with E-state index in [1.54, 1.807) is 19.2 Å².